The molecule has 0 saturated heterocycles. The molecule has 0 aliphatic carbocycles. The van der Waals surface area contributed by atoms with Gasteiger partial charge in [-0.05, 0) is 44.4 Å². The van der Waals surface area contributed by atoms with E-state index in [0.29, 0.717) is 12.6 Å². The number of thioether (sulfide) groups is 1. The molecule has 1 unspecified atom stereocenters. The van der Waals surface area contributed by atoms with Crippen LogP contribution in [0.2, 0.25) is 0 Å². The second kappa shape index (κ2) is 10.6. The molecular weight excluding hydrogens is 294 g/mol. The van der Waals surface area contributed by atoms with E-state index in [1.807, 2.05) is 12.3 Å². The van der Waals surface area contributed by atoms with Crippen molar-refractivity contribution in [2.24, 2.45) is 5.73 Å². The Balaban J connectivity index is 2.24. The van der Waals surface area contributed by atoms with E-state index in [4.69, 9.17) is 5.73 Å². The molecule has 0 bridgehead atoms. The van der Waals surface area contributed by atoms with Gasteiger partial charge in [0.1, 0.15) is 0 Å². The van der Waals surface area contributed by atoms with Crippen molar-refractivity contribution in [1.29, 1.82) is 0 Å². The topological polar surface area (TPSA) is 58.4 Å². The number of hydrogen-bond acceptors (Lipinski definition) is 4. The molecule has 2 atom stereocenters. The Morgan fingerprint density at radius 2 is 2.00 bits per heavy atom. The van der Waals surface area contributed by atoms with Gasteiger partial charge >= 0.3 is 0 Å². The van der Waals surface area contributed by atoms with Gasteiger partial charge in [0.25, 0.3) is 0 Å². The van der Waals surface area contributed by atoms with Crippen molar-refractivity contribution in [2.75, 3.05) is 25.6 Å². The second-order valence-electron chi connectivity index (χ2n) is 5.72. The number of amides is 1. The highest BCUT2D eigenvalue weighted by molar-refractivity contribution is 7.98. The highest BCUT2D eigenvalue weighted by Gasteiger charge is 2.14. The summed E-state index contributed by atoms with van der Waals surface area (Å²) in [6.45, 7) is 3.78. The molecule has 0 fully saturated rings. The molecule has 22 heavy (non-hydrogen) atoms. The van der Waals surface area contributed by atoms with Crippen LogP contribution in [0.3, 0.4) is 0 Å². The molecule has 5 heteroatoms. The highest BCUT2D eigenvalue weighted by Crippen LogP contribution is 2.08. The smallest absolute Gasteiger partial charge is 0.236 e. The third-order valence-electron chi connectivity index (χ3n) is 3.86. The van der Waals surface area contributed by atoms with Gasteiger partial charge in [-0.3, -0.25) is 9.69 Å². The van der Waals surface area contributed by atoms with Gasteiger partial charge in [-0.15, -0.1) is 0 Å². The summed E-state index contributed by atoms with van der Waals surface area (Å²) in [4.78, 5) is 14.1. The summed E-state index contributed by atoms with van der Waals surface area (Å²) in [7, 11) is 2.11. The SMILES string of the molecule is CSCC[C@H](N)C(=O)NCCC(C)N(C)Cc1ccccc1. The summed E-state index contributed by atoms with van der Waals surface area (Å²) >= 11 is 1.71. The zero-order chi connectivity index (χ0) is 16.4. The first-order chi connectivity index (χ1) is 10.5. The van der Waals surface area contributed by atoms with Crippen LogP contribution >= 0.6 is 11.8 Å². The van der Waals surface area contributed by atoms with Gasteiger partial charge < -0.3 is 11.1 Å². The third-order valence-corrected chi connectivity index (χ3v) is 4.50. The number of carbonyl (C=O) groups excluding carboxylic acids is 1. The van der Waals surface area contributed by atoms with Gasteiger partial charge in [0.15, 0.2) is 0 Å². The number of nitrogens with two attached hydrogens (primary N) is 1. The van der Waals surface area contributed by atoms with Gasteiger partial charge in [0, 0.05) is 19.1 Å². The Bertz CT molecular complexity index is 427. The fourth-order valence-electron chi connectivity index (χ4n) is 2.16. The molecule has 0 radical (unpaired) electrons. The van der Waals surface area contributed by atoms with E-state index < -0.39 is 0 Å². The van der Waals surface area contributed by atoms with Crippen molar-refractivity contribution < 1.29 is 4.79 Å². The number of benzene rings is 1. The molecule has 1 aromatic rings. The maximum Gasteiger partial charge on any atom is 0.236 e. The lowest BCUT2D eigenvalue weighted by Crippen LogP contribution is -2.42. The molecule has 0 heterocycles. The molecule has 0 saturated carbocycles. The van der Waals surface area contributed by atoms with Crippen molar-refractivity contribution in [3.05, 3.63) is 35.9 Å². The number of carbonyl (C=O) groups is 1. The summed E-state index contributed by atoms with van der Waals surface area (Å²) in [6, 6.07) is 10.4. The highest BCUT2D eigenvalue weighted by atomic mass is 32.2. The predicted molar refractivity (Wildman–Crippen MR) is 96.0 cm³/mol. The zero-order valence-electron chi connectivity index (χ0n) is 13.9. The monoisotopic (exact) mass is 323 g/mol. The third kappa shape index (κ3) is 7.29. The zero-order valence-corrected chi connectivity index (χ0v) is 14.7. The minimum absolute atomic E-state index is 0.0352. The van der Waals surface area contributed by atoms with Crippen LogP contribution in [-0.4, -0.2) is 48.5 Å². The Labute approximate surface area is 138 Å². The Morgan fingerprint density at radius 3 is 2.64 bits per heavy atom. The number of nitrogens with one attached hydrogen (secondary N) is 1. The normalized spacial score (nSPS) is 13.9. The molecule has 1 rings (SSSR count). The molecule has 0 aromatic heterocycles. The van der Waals surface area contributed by atoms with Crippen LogP contribution in [0.5, 0.6) is 0 Å². The van der Waals surface area contributed by atoms with Crippen LogP contribution in [0.25, 0.3) is 0 Å². The van der Waals surface area contributed by atoms with Crippen LogP contribution in [0, 0.1) is 0 Å². The van der Waals surface area contributed by atoms with Crippen molar-refractivity contribution >= 4 is 17.7 Å². The summed E-state index contributed by atoms with van der Waals surface area (Å²) in [6.07, 6.45) is 3.68. The van der Waals surface area contributed by atoms with E-state index in [0.717, 1.165) is 25.1 Å². The molecule has 0 aliphatic heterocycles. The van der Waals surface area contributed by atoms with Gasteiger partial charge in [-0.2, -0.15) is 11.8 Å². The predicted octanol–water partition coefficient (Wildman–Crippen LogP) is 2.09. The van der Waals surface area contributed by atoms with Gasteiger partial charge in [0.2, 0.25) is 5.91 Å². The summed E-state index contributed by atoms with van der Waals surface area (Å²) in [5, 5.41) is 2.94. The Hall–Kier alpha value is -1.04. The van der Waals surface area contributed by atoms with Crippen molar-refractivity contribution in [1.82, 2.24) is 10.2 Å². The number of hydrogen-bond donors (Lipinski definition) is 2. The van der Waals surface area contributed by atoms with E-state index in [-0.39, 0.29) is 11.9 Å². The van der Waals surface area contributed by atoms with Crippen LogP contribution < -0.4 is 11.1 Å². The standard InChI is InChI=1S/C17H29N3OS/c1-14(20(2)13-15-7-5-4-6-8-15)9-11-19-17(21)16(18)10-12-22-3/h4-8,14,16H,9-13,18H2,1-3H3,(H,19,21)/t14?,16-/m0/s1. The first-order valence-electron chi connectivity index (χ1n) is 7.81. The summed E-state index contributed by atoms with van der Waals surface area (Å²) < 4.78 is 0. The molecule has 0 spiro atoms. The molecule has 4 nitrogen and oxygen atoms in total. The van der Waals surface area contributed by atoms with E-state index >= 15 is 0 Å². The number of nitrogens with zero attached hydrogens (tertiary/aromatic N) is 1. The molecule has 124 valence electrons. The molecule has 1 aromatic carbocycles. The summed E-state index contributed by atoms with van der Waals surface area (Å²) in [5.74, 6) is 0.886. The van der Waals surface area contributed by atoms with Crippen LogP contribution in [0.1, 0.15) is 25.3 Å². The first kappa shape index (κ1) is 19.0. The van der Waals surface area contributed by atoms with Crippen molar-refractivity contribution in [3.8, 4) is 0 Å². The van der Waals surface area contributed by atoms with E-state index in [9.17, 15) is 4.79 Å². The lowest BCUT2D eigenvalue weighted by atomic mass is 10.1. The largest absolute Gasteiger partial charge is 0.355 e. The lowest BCUT2D eigenvalue weighted by Gasteiger charge is -2.25. The fourth-order valence-corrected chi connectivity index (χ4v) is 2.65. The Kier molecular flexibility index (Phi) is 9.20. The molecule has 0 aliphatic rings. The average molecular weight is 324 g/mol. The maximum atomic E-state index is 11.8. The van der Waals surface area contributed by atoms with Crippen LogP contribution in [0.4, 0.5) is 0 Å². The van der Waals surface area contributed by atoms with Gasteiger partial charge in [0.05, 0.1) is 6.04 Å². The fraction of sp³-hybridized carbons (Fsp3) is 0.588. The Morgan fingerprint density at radius 1 is 1.32 bits per heavy atom. The minimum Gasteiger partial charge on any atom is -0.355 e. The average Bonchev–Trinajstić information content (AvgIpc) is 2.53. The van der Waals surface area contributed by atoms with Crippen molar-refractivity contribution in [3.63, 3.8) is 0 Å². The van der Waals surface area contributed by atoms with E-state index in [1.165, 1.54) is 5.56 Å². The summed E-state index contributed by atoms with van der Waals surface area (Å²) in [5.41, 5.74) is 7.15. The minimum atomic E-state index is -0.384. The van der Waals surface area contributed by atoms with Crippen molar-refractivity contribution in [2.45, 2.75) is 38.4 Å². The van der Waals surface area contributed by atoms with Crippen LogP contribution in [0.15, 0.2) is 30.3 Å². The van der Waals surface area contributed by atoms with E-state index in [1.54, 1.807) is 11.8 Å². The quantitative estimate of drug-likeness (QED) is 0.692. The van der Waals surface area contributed by atoms with Gasteiger partial charge in [-0.1, -0.05) is 30.3 Å². The maximum absolute atomic E-state index is 11.8. The van der Waals surface area contributed by atoms with Crippen LogP contribution in [-0.2, 0) is 11.3 Å². The molecule has 3 N–H and O–H groups in total. The molecular formula is C17H29N3OS. The molecule has 1 amide bonds. The van der Waals surface area contributed by atoms with Gasteiger partial charge in [-0.25, -0.2) is 0 Å². The number of rotatable bonds is 10. The first-order valence-corrected chi connectivity index (χ1v) is 9.20. The lowest BCUT2D eigenvalue weighted by molar-refractivity contribution is -0.122. The second-order valence-corrected chi connectivity index (χ2v) is 6.70. The van der Waals surface area contributed by atoms with E-state index in [2.05, 4.69) is 48.5 Å².